The predicted molar refractivity (Wildman–Crippen MR) is 131 cm³/mol. The number of aryl methyl sites for hydroxylation is 1. The van der Waals surface area contributed by atoms with E-state index in [1.54, 1.807) is 18.4 Å². The number of carbonyl (C=O) groups is 1. The van der Waals surface area contributed by atoms with Gasteiger partial charge in [0.25, 0.3) is 5.56 Å². The van der Waals surface area contributed by atoms with Gasteiger partial charge in [0, 0.05) is 3.57 Å². The third-order valence-corrected chi connectivity index (χ3v) is 6.78. The van der Waals surface area contributed by atoms with Crippen molar-refractivity contribution in [2.45, 2.75) is 26.8 Å². The van der Waals surface area contributed by atoms with E-state index in [9.17, 15) is 9.59 Å². The molecular formula is C24H21IN2O3S. The fraction of sp³-hybridized carbons (Fsp3) is 0.208. The van der Waals surface area contributed by atoms with Gasteiger partial charge in [0.2, 0.25) is 0 Å². The molecule has 1 aliphatic heterocycles. The summed E-state index contributed by atoms with van der Waals surface area (Å²) in [5.41, 5.74) is 3.71. The molecule has 7 heteroatoms. The number of esters is 1. The van der Waals surface area contributed by atoms with Gasteiger partial charge in [0.1, 0.15) is 0 Å². The van der Waals surface area contributed by atoms with Crippen LogP contribution in [0.2, 0.25) is 0 Å². The first-order chi connectivity index (χ1) is 14.9. The van der Waals surface area contributed by atoms with Crippen molar-refractivity contribution in [3.63, 3.8) is 0 Å². The van der Waals surface area contributed by atoms with Crippen LogP contribution < -0.4 is 14.9 Å². The molecule has 3 aromatic rings. The molecule has 0 fully saturated rings. The van der Waals surface area contributed by atoms with Gasteiger partial charge in [-0.15, -0.1) is 0 Å². The number of hydrogen-bond acceptors (Lipinski definition) is 5. The van der Waals surface area contributed by atoms with Crippen LogP contribution >= 0.6 is 33.9 Å². The number of benzene rings is 2. The van der Waals surface area contributed by atoms with E-state index in [1.807, 2.05) is 61.5 Å². The van der Waals surface area contributed by atoms with Crippen LogP contribution in [0.5, 0.6) is 0 Å². The van der Waals surface area contributed by atoms with E-state index >= 15 is 0 Å². The highest BCUT2D eigenvalue weighted by Crippen LogP contribution is 2.30. The Hall–Kier alpha value is -2.52. The molecule has 1 aliphatic rings. The number of fused-ring (bicyclic) bond motifs is 1. The number of ether oxygens (including phenoxy) is 1. The second-order valence-electron chi connectivity index (χ2n) is 7.26. The molecule has 1 unspecified atom stereocenters. The maximum Gasteiger partial charge on any atom is 0.338 e. The molecule has 158 valence electrons. The SMILES string of the molecule is CCOC(=O)C1=C(C)N=c2sc(=Cc3ccc(I)cc3)c(=O)n2C1c1ccc(C)cc1. The second kappa shape index (κ2) is 8.92. The third-order valence-electron chi connectivity index (χ3n) is 5.08. The molecule has 0 spiro atoms. The fourth-order valence-corrected chi connectivity index (χ4v) is 4.97. The quantitative estimate of drug-likeness (QED) is 0.372. The van der Waals surface area contributed by atoms with Crippen molar-refractivity contribution in [3.05, 3.63) is 99.7 Å². The number of carbonyl (C=O) groups excluding carboxylic acids is 1. The molecular weight excluding hydrogens is 523 g/mol. The number of allylic oxidation sites excluding steroid dienone is 1. The van der Waals surface area contributed by atoms with E-state index in [2.05, 4.69) is 27.6 Å². The maximum atomic E-state index is 13.5. The van der Waals surface area contributed by atoms with Crippen LogP contribution in [0.15, 0.2) is 69.6 Å². The highest BCUT2D eigenvalue weighted by molar-refractivity contribution is 14.1. The first-order valence-corrected chi connectivity index (χ1v) is 11.8. The fourth-order valence-electron chi connectivity index (χ4n) is 3.57. The smallest absolute Gasteiger partial charge is 0.338 e. The van der Waals surface area contributed by atoms with Gasteiger partial charge >= 0.3 is 5.97 Å². The van der Waals surface area contributed by atoms with Crippen molar-refractivity contribution in [1.29, 1.82) is 0 Å². The number of nitrogens with zero attached hydrogens (tertiary/aromatic N) is 2. The Bertz CT molecular complexity index is 1350. The number of halogens is 1. The Morgan fingerprint density at radius 3 is 2.48 bits per heavy atom. The second-order valence-corrected chi connectivity index (χ2v) is 9.52. The van der Waals surface area contributed by atoms with E-state index in [-0.39, 0.29) is 12.2 Å². The van der Waals surface area contributed by atoms with Crippen molar-refractivity contribution in [1.82, 2.24) is 4.57 Å². The Morgan fingerprint density at radius 1 is 1.16 bits per heavy atom. The minimum Gasteiger partial charge on any atom is -0.463 e. The summed E-state index contributed by atoms with van der Waals surface area (Å²) in [6.07, 6.45) is 1.87. The van der Waals surface area contributed by atoms with Gasteiger partial charge in [-0.25, -0.2) is 9.79 Å². The summed E-state index contributed by atoms with van der Waals surface area (Å²) in [4.78, 5) is 31.5. The normalized spacial score (nSPS) is 16.1. The lowest BCUT2D eigenvalue weighted by molar-refractivity contribution is -0.139. The molecule has 4 rings (SSSR count). The summed E-state index contributed by atoms with van der Waals surface area (Å²) in [5.74, 6) is -0.443. The molecule has 31 heavy (non-hydrogen) atoms. The minimum absolute atomic E-state index is 0.165. The van der Waals surface area contributed by atoms with E-state index in [0.717, 1.165) is 20.3 Å². The molecule has 0 amide bonds. The molecule has 2 aromatic carbocycles. The van der Waals surface area contributed by atoms with Crippen molar-refractivity contribution in [2.75, 3.05) is 6.61 Å². The molecule has 0 saturated heterocycles. The highest BCUT2D eigenvalue weighted by atomic mass is 127. The summed E-state index contributed by atoms with van der Waals surface area (Å²) in [6, 6.07) is 15.3. The summed E-state index contributed by atoms with van der Waals surface area (Å²) in [6.45, 7) is 5.83. The summed E-state index contributed by atoms with van der Waals surface area (Å²) in [5, 5.41) is 0. The van der Waals surface area contributed by atoms with Crippen LogP contribution in [0.3, 0.4) is 0 Å². The van der Waals surface area contributed by atoms with Crippen LogP contribution in [-0.4, -0.2) is 17.1 Å². The van der Waals surface area contributed by atoms with Crippen molar-refractivity contribution in [3.8, 4) is 0 Å². The van der Waals surface area contributed by atoms with Crippen LogP contribution in [0.25, 0.3) is 6.08 Å². The zero-order chi connectivity index (χ0) is 22.1. The van der Waals surface area contributed by atoms with Crippen LogP contribution in [0, 0.1) is 10.5 Å². The van der Waals surface area contributed by atoms with Crippen molar-refractivity contribution < 1.29 is 9.53 Å². The molecule has 1 aromatic heterocycles. The van der Waals surface area contributed by atoms with Crippen LogP contribution in [0.4, 0.5) is 0 Å². The van der Waals surface area contributed by atoms with Gasteiger partial charge in [0.05, 0.1) is 28.5 Å². The zero-order valence-electron chi connectivity index (χ0n) is 17.4. The summed E-state index contributed by atoms with van der Waals surface area (Å²) in [7, 11) is 0. The van der Waals surface area contributed by atoms with Crippen molar-refractivity contribution >= 4 is 46.0 Å². The summed E-state index contributed by atoms with van der Waals surface area (Å²) >= 11 is 3.58. The lowest BCUT2D eigenvalue weighted by Crippen LogP contribution is -2.39. The Labute approximate surface area is 197 Å². The molecule has 0 saturated carbocycles. The van der Waals surface area contributed by atoms with E-state index in [0.29, 0.717) is 20.6 Å². The average Bonchev–Trinajstić information content (AvgIpc) is 3.04. The molecule has 0 aliphatic carbocycles. The Kier molecular flexibility index (Phi) is 6.24. The third kappa shape index (κ3) is 4.29. The molecule has 0 bridgehead atoms. The molecule has 2 heterocycles. The van der Waals surface area contributed by atoms with Crippen LogP contribution in [0.1, 0.15) is 36.6 Å². The number of rotatable bonds is 4. The van der Waals surface area contributed by atoms with Gasteiger partial charge < -0.3 is 4.74 Å². The van der Waals surface area contributed by atoms with Gasteiger partial charge in [-0.05, 0) is 72.7 Å². The lowest BCUT2D eigenvalue weighted by Gasteiger charge is -2.24. The maximum absolute atomic E-state index is 13.5. The van der Waals surface area contributed by atoms with Crippen LogP contribution in [-0.2, 0) is 9.53 Å². The Morgan fingerprint density at radius 2 is 1.84 bits per heavy atom. The van der Waals surface area contributed by atoms with Crippen molar-refractivity contribution in [2.24, 2.45) is 4.99 Å². The highest BCUT2D eigenvalue weighted by Gasteiger charge is 2.33. The lowest BCUT2D eigenvalue weighted by atomic mass is 9.95. The molecule has 5 nitrogen and oxygen atoms in total. The zero-order valence-corrected chi connectivity index (χ0v) is 20.4. The Balaban J connectivity index is 1.94. The molecule has 1 atom stereocenters. The minimum atomic E-state index is -0.574. The largest absolute Gasteiger partial charge is 0.463 e. The van der Waals surface area contributed by atoms with E-state index in [1.165, 1.54) is 11.3 Å². The predicted octanol–water partition coefficient (Wildman–Crippen LogP) is 3.71. The summed E-state index contributed by atoms with van der Waals surface area (Å²) < 4.78 is 8.65. The van der Waals surface area contributed by atoms with E-state index in [4.69, 9.17) is 4.74 Å². The topological polar surface area (TPSA) is 60.7 Å². The standard InChI is InChI=1S/C24H21IN2O3S/c1-4-30-23(29)20-15(3)26-24-27(21(20)17-9-5-14(2)6-10-17)22(28)19(31-24)13-16-7-11-18(25)12-8-16/h5-13,21H,4H2,1-3H3. The number of thiazole rings is 1. The van der Waals surface area contributed by atoms with E-state index < -0.39 is 12.0 Å². The number of aromatic nitrogens is 1. The molecule has 0 N–H and O–H groups in total. The van der Waals surface area contributed by atoms with Gasteiger partial charge in [-0.2, -0.15) is 0 Å². The van der Waals surface area contributed by atoms with Gasteiger partial charge in [0.15, 0.2) is 4.80 Å². The number of hydrogen-bond donors (Lipinski definition) is 0. The first kappa shape index (κ1) is 21.7. The van der Waals surface area contributed by atoms with Gasteiger partial charge in [-0.3, -0.25) is 9.36 Å². The van der Waals surface area contributed by atoms with Gasteiger partial charge in [-0.1, -0.05) is 53.3 Å². The molecule has 0 radical (unpaired) electrons. The average molecular weight is 544 g/mol. The monoisotopic (exact) mass is 544 g/mol. The first-order valence-electron chi connectivity index (χ1n) is 9.91.